The monoisotopic (exact) mass is 383 g/mol. The number of halogens is 2. The molecular formula is C19H27Cl2N3O. The number of benzene rings is 1. The van der Waals surface area contributed by atoms with Crippen molar-refractivity contribution in [2.45, 2.75) is 25.7 Å². The molecule has 0 saturated carbocycles. The number of amides is 1. The molecule has 0 saturated heterocycles. The second-order valence-electron chi connectivity index (χ2n) is 5.80. The van der Waals surface area contributed by atoms with Crippen molar-refractivity contribution in [2.75, 3.05) is 19.6 Å². The normalized spacial score (nSPS) is 11.0. The molecule has 138 valence electrons. The minimum Gasteiger partial charge on any atom is -0.341 e. The summed E-state index contributed by atoms with van der Waals surface area (Å²) in [7, 11) is 0. The van der Waals surface area contributed by atoms with Crippen LogP contribution in [0.25, 0.3) is 0 Å². The summed E-state index contributed by atoms with van der Waals surface area (Å²) in [5, 5.41) is 0. The maximum absolute atomic E-state index is 12.6. The maximum Gasteiger partial charge on any atom is 0.223 e. The molecule has 2 rings (SSSR count). The van der Waals surface area contributed by atoms with Gasteiger partial charge in [0.05, 0.1) is 0 Å². The molecule has 0 bridgehead atoms. The van der Waals surface area contributed by atoms with Crippen LogP contribution in [0, 0.1) is 0 Å². The molecule has 0 aliphatic heterocycles. The Kier molecular flexibility index (Phi) is 11.9. The molecule has 1 atom stereocenters. The van der Waals surface area contributed by atoms with Crippen LogP contribution in [0.5, 0.6) is 0 Å². The molecule has 2 aromatic rings. The summed E-state index contributed by atoms with van der Waals surface area (Å²) >= 11 is 0. The molecule has 1 aromatic heterocycles. The molecule has 6 heteroatoms. The van der Waals surface area contributed by atoms with Crippen LogP contribution in [-0.4, -0.2) is 35.4 Å². The molecule has 2 N–H and O–H groups in total. The maximum atomic E-state index is 12.6. The zero-order valence-electron chi connectivity index (χ0n) is 14.5. The van der Waals surface area contributed by atoms with Crippen molar-refractivity contribution in [2.24, 2.45) is 5.73 Å². The predicted octanol–water partition coefficient (Wildman–Crippen LogP) is 3.45. The van der Waals surface area contributed by atoms with Crippen LogP contribution in [0.1, 0.15) is 30.4 Å². The van der Waals surface area contributed by atoms with Crippen molar-refractivity contribution in [1.82, 2.24) is 9.88 Å². The lowest BCUT2D eigenvalue weighted by atomic mass is 9.99. The van der Waals surface area contributed by atoms with Gasteiger partial charge in [-0.2, -0.15) is 0 Å². The first-order valence-electron chi connectivity index (χ1n) is 8.12. The van der Waals surface area contributed by atoms with Gasteiger partial charge in [0, 0.05) is 38.4 Å². The molecule has 25 heavy (non-hydrogen) atoms. The van der Waals surface area contributed by atoms with Crippen molar-refractivity contribution in [3.63, 3.8) is 0 Å². The standard InChI is InChI=1S/C19H25N3O.2ClH/c1-16(18-8-5-11-21-15-18)14-19(23)22(13-10-20)12-9-17-6-3-2-4-7-17;;/h2-8,11,15-16H,9-10,12-14,20H2,1H3;2*1H. The Morgan fingerprint density at radius 2 is 1.84 bits per heavy atom. The van der Waals surface area contributed by atoms with Gasteiger partial charge in [0.25, 0.3) is 0 Å². The van der Waals surface area contributed by atoms with Gasteiger partial charge in [-0.05, 0) is 29.5 Å². The number of aromatic nitrogens is 1. The molecule has 0 aliphatic carbocycles. The highest BCUT2D eigenvalue weighted by Crippen LogP contribution is 2.19. The first-order chi connectivity index (χ1) is 11.2. The lowest BCUT2D eigenvalue weighted by molar-refractivity contribution is -0.131. The zero-order valence-corrected chi connectivity index (χ0v) is 16.1. The smallest absolute Gasteiger partial charge is 0.223 e. The highest BCUT2D eigenvalue weighted by Gasteiger charge is 2.17. The molecule has 1 heterocycles. The predicted molar refractivity (Wildman–Crippen MR) is 108 cm³/mol. The number of nitrogens with zero attached hydrogens (tertiary/aromatic N) is 2. The topological polar surface area (TPSA) is 59.2 Å². The first-order valence-corrected chi connectivity index (χ1v) is 8.12. The minimum atomic E-state index is 0. The SMILES string of the molecule is CC(CC(=O)N(CCN)CCc1ccccc1)c1cccnc1.Cl.Cl. The number of hydrogen-bond donors (Lipinski definition) is 1. The van der Waals surface area contributed by atoms with Gasteiger partial charge in [0.2, 0.25) is 5.91 Å². The van der Waals surface area contributed by atoms with E-state index < -0.39 is 0 Å². The highest BCUT2D eigenvalue weighted by atomic mass is 35.5. The Labute approximate surface area is 162 Å². The van der Waals surface area contributed by atoms with E-state index in [0.29, 0.717) is 26.1 Å². The average Bonchev–Trinajstić information content (AvgIpc) is 2.60. The summed E-state index contributed by atoms with van der Waals surface area (Å²) in [4.78, 5) is 18.6. The van der Waals surface area contributed by atoms with Gasteiger partial charge in [0.15, 0.2) is 0 Å². The minimum absolute atomic E-state index is 0. The molecule has 0 spiro atoms. The van der Waals surface area contributed by atoms with Crippen LogP contribution in [0.4, 0.5) is 0 Å². The van der Waals surface area contributed by atoms with Crippen LogP contribution in [-0.2, 0) is 11.2 Å². The van der Waals surface area contributed by atoms with E-state index in [1.54, 1.807) is 6.20 Å². The molecule has 4 nitrogen and oxygen atoms in total. The Hall–Kier alpha value is -1.62. The highest BCUT2D eigenvalue weighted by molar-refractivity contribution is 5.85. The zero-order chi connectivity index (χ0) is 16.5. The summed E-state index contributed by atoms with van der Waals surface area (Å²) in [6, 6.07) is 14.1. The third kappa shape index (κ3) is 7.86. The van der Waals surface area contributed by atoms with Gasteiger partial charge in [-0.25, -0.2) is 0 Å². The van der Waals surface area contributed by atoms with Crippen LogP contribution in [0.15, 0.2) is 54.9 Å². The molecule has 1 aromatic carbocycles. The van der Waals surface area contributed by atoms with E-state index in [1.165, 1.54) is 5.56 Å². The number of carbonyl (C=O) groups excluding carboxylic acids is 1. The van der Waals surface area contributed by atoms with Crippen molar-refractivity contribution in [1.29, 1.82) is 0 Å². The van der Waals surface area contributed by atoms with E-state index in [-0.39, 0.29) is 36.6 Å². The fourth-order valence-corrected chi connectivity index (χ4v) is 2.60. The van der Waals surface area contributed by atoms with Crippen molar-refractivity contribution in [3.8, 4) is 0 Å². The lowest BCUT2D eigenvalue weighted by Crippen LogP contribution is -2.37. The van der Waals surface area contributed by atoms with Gasteiger partial charge in [0.1, 0.15) is 0 Å². The Morgan fingerprint density at radius 1 is 1.12 bits per heavy atom. The van der Waals surface area contributed by atoms with Crippen LogP contribution >= 0.6 is 24.8 Å². The average molecular weight is 384 g/mol. The van der Waals surface area contributed by atoms with E-state index in [2.05, 4.69) is 24.0 Å². The van der Waals surface area contributed by atoms with Crippen molar-refractivity contribution in [3.05, 3.63) is 66.0 Å². The molecule has 1 unspecified atom stereocenters. The van der Waals surface area contributed by atoms with Crippen molar-refractivity contribution >= 4 is 30.7 Å². The van der Waals surface area contributed by atoms with Gasteiger partial charge in [-0.15, -0.1) is 24.8 Å². The number of rotatable bonds is 8. The van der Waals surface area contributed by atoms with Gasteiger partial charge in [-0.3, -0.25) is 9.78 Å². The van der Waals surface area contributed by atoms with E-state index in [0.717, 1.165) is 12.0 Å². The summed E-state index contributed by atoms with van der Waals surface area (Å²) in [6.45, 7) is 3.86. The number of hydrogen-bond acceptors (Lipinski definition) is 3. The first kappa shape index (κ1) is 23.4. The summed E-state index contributed by atoms with van der Waals surface area (Å²) in [6.07, 6.45) is 4.92. The Morgan fingerprint density at radius 3 is 2.44 bits per heavy atom. The quantitative estimate of drug-likeness (QED) is 0.759. The molecular weight excluding hydrogens is 357 g/mol. The number of carbonyl (C=O) groups is 1. The molecule has 0 radical (unpaired) electrons. The second-order valence-corrected chi connectivity index (χ2v) is 5.80. The summed E-state index contributed by atoms with van der Waals surface area (Å²) in [5.74, 6) is 0.316. The van der Waals surface area contributed by atoms with E-state index in [9.17, 15) is 4.79 Å². The Bertz CT molecular complexity index is 596. The van der Waals surface area contributed by atoms with Gasteiger partial charge < -0.3 is 10.6 Å². The summed E-state index contributed by atoms with van der Waals surface area (Å²) < 4.78 is 0. The second kappa shape index (κ2) is 12.7. The summed E-state index contributed by atoms with van der Waals surface area (Å²) in [5.41, 5.74) is 8.01. The van der Waals surface area contributed by atoms with Crippen LogP contribution < -0.4 is 5.73 Å². The number of pyridine rings is 1. The lowest BCUT2D eigenvalue weighted by Gasteiger charge is -2.24. The Balaban J connectivity index is 0.00000288. The largest absolute Gasteiger partial charge is 0.341 e. The number of nitrogens with two attached hydrogens (primary N) is 1. The fourth-order valence-electron chi connectivity index (χ4n) is 2.60. The van der Waals surface area contributed by atoms with Gasteiger partial charge >= 0.3 is 0 Å². The van der Waals surface area contributed by atoms with Crippen LogP contribution in [0.2, 0.25) is 0 Å². The molecule has 1 amide bonds. The third-order valence-electron chi connectivity index (χ3n) is 4.00. The molecule has 0 fully saturated rings. The van der Waals surface area contributed by atoms with Crippen molar-refractivity contribution < 1.29 is 4.79 Å². The van der Waals surface area contributed by atoms with Gasteiger partial charge in [-0.1, -0.05) is 43.3 Å². The third-order valence-corrected chi connectivity index (χ3v) is 4.00. The van der Waals surface area contributed by atoms with E-state index in [1.807, 2.05) is 41.4 Å². The van der Waals surface area contributed by atoms with Crippen LogP contribution in [0.3, 0.4) is 0 Å². The van der Waals surface area contributed by atoms with E-state index >= 15 is 0 Å². The molecule has 0 aliphatic rings. The van der Waals surface area contributed by atoms with E-state index in [4.69, 9.17) is 5.73 Å². The fraction of sp³-hybridized carbons (Fsp3) is 0.368.